The molecule has 28 heavy (non-hydrogen) atoms. The third kappa shape index (κ3) is 3.93. The van der Waals surface area contributed by atoms with Crippen LogP contribution < -0.4 is 10.9 Å². The molecule has 1 saturated carbocycles. The Balaban J connectivity index is 1.74. The first kappa shape index (κ1) is 20.0. The van der Waals surface area contributed by atoms with E-state index in [1.165, 1.54) is 13.5 Å². The fraction of sp³-hybridized carbons (Fsp3) is 0.524. The highest BCUT2D eigenvalue weighted by Gasteiger charge is 2.30. The molecule has 0 aliphatic heterocycles. The first-order valence-corrected chi connectivity index (χ1v) is 9.77. The van der Waals surface area contributed by atoms with Crippen LogP contribution in [0.5, 0.6) is 0 Å². The maximum absolute atomic E-state index is 12.7. The number of nitrogens with one attached hydrogen (secondary N) is 1. The van der Waals surface area contributed by atoms with E-state index < -0.39 is 12.1 Å². The predicted octanol–water partition coefficient (Wildman–Crippen LogP) is 2.42. The number of esters is 1. The summed E-state index contributed by atoms with van der Waals surface area (Å²) in [4.78, 5) is 37.4. The molecule has 0 bridgehead atoms. The smallest absolute Gasteiger partial charge is 0.360 e. The normalized spacial score (nSPS) is 23.2. The van der Waals surface area contributed by atoms with Gasteiger partial charge in [0.15, 0.2) is 11.8 Å². The van der Waals surface area contributed by atoms with E-state index in [1.54, 1.807) is 31.2 Å². The number of ether oxygens (including phenoxy) is 1. The molecule has 0 spiro atoms. The zero-order valence-corrected chi connectivity index (χ0v) is 16.8. The van der Waals surface area contributed by atoms with Crippen molar-refractivity contribution < 1.29 is 14.3 Å². The highest BCUT2D eigenvalue weighted by molar-refractivity contribution is 6.02. The first-order valence-electron chi connectivity index (χ1n) is 9.77. The Morgan fingerprint density at radius 1 is 1.21 bits per heavy atom. The van der Waals surface area contributed by atoms with Gasteiger partial charge in [-0.3, -0.25) is 9.59 Å². The molecule has 1 heterocycles. The monoisotopic (exact) mass is 385 g/mol. The van der Waals surface area contributed by atoms with Gasteiger partial charge in [-0.15, -0.1) is 0 Å². The third-order valence-electron chi connectivity index (χ3n) is 5.84. The molecular weight excluding hydrogens is 358 g/mol. The van der Waals surface area contributed by atoms with Crippen molar-refractivity contribution in [3.05, 3.63) is 40.3 Å². The van der Waals surface area contributed by atoms with Gasteiger partial charge >= 0.3 is 5.97 Å². The van der Waals surface area contributed by atoms with Gasteiger partial charge in [0.1, 0.15) is 0 Å². The minimum absolute atomic E-state index is 0.0250. The van der Waals surface area contributed by atoms with E-state index in [0.29, 0.717) is 22.6 Å². The van der Waals surface area contributed by atoms with Crippen molar-refractivity contribution in [2.45, 2.75) is 52.2 Å². The van der Waals surface area contributed by atoms with Crippen molar-refractivity contribution in [3.8, 4) is 0 Å². The molecule has 0 unspecified atom stereocenters. The van der Waals surface area contributed by atoms with Crippen molar-refractivity contribution in [1.82, 2.24) is 15.1 Å². The molecule has 0 radical (unpaired) electrons. The van der Waals surface area contributed by atoms with Crippen molar-refractivity contribution in [1.29, 1.82) is 0 Å². The maximum atomic E-state index is 12.7. The van der Waals surface area contributed by atoms with Crippen LogP contribution in [-0.2, 0) is 16.6 Å². The number of aryl methyl sites for hydroxylation is 1. The summed E-state index contributed by atoms with van der Waals surface area (Å²) in [6.45, 7) is 5.89. The molecule has 1 aromatic heterocycles. The Morgan fingerprint density at radius 2 is 1.89 bits per heavy atom. The van der Waals surface area contributed by atoms with E-state index in [0.717, 1.165) is 17.5 Å². The van der Waals surface area contributed by atoms with Crippen molar-refractivity contribution in [2.24, 2.45) is 18.9 Å². The number of rotatable bonds is 4. The van der Waals surface area contributed by atoms with Gasteiger partial charge in [-0.05, 0) is 31.2 Å². The van der Waals surface area contributed by atoms with E-state index in [4.69, 9.17) is 4.74 Å². The van der Waals surface area contributed by atoms with E-state index >= 15 is 0 Å². The molecule has 1 fully saturated rings. The third-order valence-corrected chi connectivity index (χ3v) is 5.84. The summed E-state index contributed by atoms with van der Waals surface area (Å²) in [5, 5.41) is 7.87. The number of nitrogens with zero attached hydrogens (tertiary/aromatic N) is 2. The Bertz CT molecular complexity index is 952. The Morgan fingerprint density at radius 3 is 2.61 bits per heavy atom. The molecule has 4 atom stereocenters. The van der Waals surface area contributed by atoms with Gasteiger partial charge in [-0.2, -0.15) is 5.10 Å². The molecule has 1 N–H and O–H groups in total. The van der Waals surface area contributed by atoms with Crippen LogP contribution in [0, 0.1) is 11.8 Å². The zero-order valence-electron chi connectivity index (χ0n) is 16.8. The number of hydrogen-bond donors (Lipinski definition) is 1. The Labute approximate surface area is 164 Å². The molecular formula is C21H27N3O4. The molecule has 1 aliphatic rings. The van der Waals surface area contributed by atoms with Gasteiger partial charge in [0.25, 0.3) is 11.5 Å². The fourth-order valence-corrected chi connectivity index (χ4v) is 3.81. The van der Waals surface area contributed by atoms with E-state index in [9.17, 15) is 14.4 Å². The number of fused-ring (bicyclic) bond motifs is 1. The SMILES string of the molecule is C[C@H]1[C@@H](NC(=O)[C@@H](C)OC(=O)c2nn(C)c(=O)c3ccccc23)CCC[C@@H]1C. The first-order chi connectivity index (χ1) is 13.3. The van der Waals surface area contributed by atoms with Gasteiger partial charge in [0, 0.05) is 18.5 Å². The van der Waals surface area contributed by atoms with E-state index in [-0.39, 0.29) is 23.2 Å². The molecule has 2 aromatic rings. The number of amides is 1. The van der Waals surface area contributed by atoms with Crippen molar-refractivity contribution in [2.75, 3.05) is 0 Å². The largest absolute Gasteiger partial charge is 0.448 e. The summed E-state index contributed by atoms with van der Waals surface area (Å²) in [5.41, 5.74) is -0.268. The Kier molecular flexibility index (Phi) is 5.82. The maximum Gasteiger partial charge on any atom is 0.360 e. The lowest BCUT2D eigenvalue weighted by Crippen LogP contribution is -2.47. The lowest BCUT2D eigenvalue weighted by molar-refractivity contribution is -0.130. The van der Waals surface area contributed by atoms with Crippen LogP contribution >= 0.6 is 0 Å². The Hall–Kier alpha value is -2.70. The second-order valence-electron chi connectivity index (χ2n) is 7.75. The average Bonchev–Trinajstić information content (AvgIpc) is 2.68. The van der Waals surface area contributed by atoms with Gasteiger partial charge in [-0.25, -0.2) is 9.48 Å². The van der Waals surface area contributed by atoms with Crippen LogP contribution in [0.4, 0.5) is 0 Å². The van der Waals surface area contributed by atoms with E-state index in [1.807, 2.05) is 0 Å². The topological polar surface area (TPSA) is 90.3 Å². The molecule has 7 nitrogen and oxygen atoms in total. The fourth-order valence-electron chi connectivity index (χ4n) is 3.81. The van der Waals surface area contributed by atoms with Crippen LogP contribution in [0.3, 0.4) is 0 Å². The van der Waals surface area contributed by atoms with Crippen LogP contribution in [0.2, 0.25) is 0 Å². The minimum Gasteiger partial charge on any atom is -0.448 e. The molecule has 0 saturated heterocycles. The van der Waals surface area contributed by atoms with Gasteiger partial charge in [0.2, 0.25) is 0 Å². The molecule has 3 rings (SSSR count). The van der Waals surface area contributed by atoms with Crippen molar-refractivity contribution in [3.63, 3.8) is 0 Å². The van der Waals surface area contributed by atoms with Crippen molar-refractivity contribution >= 4 is 22.6 Å². The molecule has 1 aromatic carbocycles. The molecule has 1 aliphatic carbocycles. The average molecular weight is 385 g/mol. The van der Waals surface area contributed by atoms with Crippen LogP contribution in [-0.4, -0.2) is 33.8 Å². The number of hydrogen-bond acceptors (Lipinski definition) is 5. The number of carbonyl (C=O) groups excluding carboxylic acids is 2. The van der Waals surface area contributed by atoms with Gasteiger partial charge in [-0.1, -0.05) is 44.9 Å². The van der Waals surface area contributed by atoms with Crippen LogP contribution in [0.15, 0.2) is 29.1 Å². The summed E-state index contributed by atoms with van der Waals surface area (Å²) >= 11 is 0. The highest BCUT2D eigenvalue weighted by atomic mass is 16.5. The second kappa shape index (κ2) is 8.12. The molecule has 1 amide bonds. The second-order valence-corrected chi connectivity index (χ2v) is 7.75. The summed E-state index contributed by atoms with van der Waals surface area (Å²) < 4.78 is 6.48. The lowest BCUT2D eigenvalue weighted by atomic mass is 9.78. The number of carbonyl (C=O) groups is 2. The minimum atomic E-state index is -0.949. The summed E-state index contributed by atoms with van der Waals surface area (Å²) in [6.07, 6.45) is 2.24. The highest BCUT2D eigenvalue weighted by Crippen LogP contribution is 2.29. The zero-order chi connectivity index (χ0) is 20.4. The lowest BCUT2D eigenvalue weighted by Gasteiger charge is -2.35. The van der Waals surface area contributed by atoms with Crippen LogP contribution in [0.25, 0.3) is 10.8 Å². The van der Waals surface area contributed by atoms with E-state index in [2.05, 4.69) is 24.3 Å². The van der Waals surface area contributed by atoms with Crippen LogP contribution in [0.1, 0.15) is 50.5 Å². The summed E-state index contributed by atoms with van der Waals surface area (Å²) in [5.74, 6) is -0.0964. The molecule has 7 heteroatoms. The van der Waals surface area contributed by atoms with Gasteiger partial charge in [0.05, 0.1) is 5.39 Å². The van der Waals surface area contributed by atoms with Gasteiger partial charge < -0.3 is 10.1 Å². The number of benzene rings is 1. The number of aromatic nitrogens is 2. The summed E-state index contributed by atoms with van der Waals surface area (Å²) in [7, 11) is 1.48. The quantitative estimate of drug-likeness (QED) is 0.817. The summed E-state index contributed by atoms with van der Waals surface area (Å²) in [6, 6.07) is 6.83. The predicted molar refractivity (Wildman–Crippen MR) is 106 cm³/mol. The standard InChI is InChI=1S/C21H27N3O4/c1-12-8-7-11-17(13(12)2)22-19(25)14(3)28-21(27)18-15-9-5-6-10-16(15)20(26)24(4)23-18/h5-6,9-10,12-14,17H,7-8,11H2,1-4H3,(H,22,25)/t12-,13+,14+,17-/m0/s1. The molecule has 150 valence electrons.